The van der Waals surface area contributed by atoms with Gasteiger partial charge in [0.15, 0.2) is 0 Å². The third kappa shape index (κ3) is 4.08. The van der Waals surface area contributed by atoms with Crippen molar-refractivity contribution < 1.29 is 5.11 Å². The number of H-pyrrole nitrogens is 1. The van der Waals surface area contributed by atoms with Crippen molar-refractivity contribution in [2.45, 2.75) is 26.3 Å². The first kappa shape index (κ1) is 13.5. The predicted octanol–water partition coefficient (Wildman–Crippen LogP) is 0.512. The molecule has 1 unspecified atom stereocenters. The Kier molecular flexibility index (Phi) is 5.16. The Morgan fingerprint density at radius 3 is 3.22 bits per heavy atom. The number of aromatic nitrogens is 2. The van der Waals surface area contributed by atoms with Crippen LogP contribution in [0.25, 0.3) is 0 Å². The molecule has 1 aromatic heterocycles. The van der Waals surface area contributed by atoms with Crippen LogP contribution in [0.2, 0.25) is 0 Å². The van der Waals surface area contributed by atoms with Crippen LogP contribution in [0.3, 0.4) is 0 Å². The third-order valence-electron chi connectivity index (χ3n) is 3.51. The van der Waals surface area contributed by atoms with Gasteiger partial charge in [0, 0.05) is 38.1 Å². The third-order valence-corrected chi connectivity index (χ3v) is 3.51. The number of hydrogen-bond donors (Lipinski definition) is 3. The molecule has 18 heavy (non-hydrogen) atoms. The molecule has 0 saturated carbocycles. The van der Waals surface area contributed by atoms with Crippen LogP contribution in [0.15, 0.2) is 6.20 Å². The standard InChI is InChI=1S/C13H24N4O/c1-11-7-15-13(16-11)8-14-4-6-17-5-2-3-12(9-17)10-18/h7,12,14,18H,2-6,8-10H2,1H3,(H,15,16). The Morgan fingerprint density at radius 1 is 1.61 bits per heavy atom. The van der Waals surface area contributed by atoms with Crippen LogP contribution < -0.4 is 5.32 Å². The largest absolute Gasteiger partial charge is 0.396 e. The minimum absolute atomic E-state index is 0.329. The minimum atomic E-state index is 0.329. The summed E-state index contributed by atoms with van der Waals surface area (Å²) in [7, 11) is 0. The van der Waals surface area contributed by atoms with Gasteiger partial charge in [0.05, 0.1) is 6.54 Å². The molecular weight excluding hydrogens is 228 g/mol. The topological polar surface area (TPSA) is 64.2 Å². The smallest absolute Gasteiger partial charge is 0.120 e. The molecule has 0 amide bonds. The molecule has 1 saturated heterocycles. The highest BCUT2D eigenvalue weighted by molar-refractivity contribution is 4.97. The van der Waals surface area contributed by atoms with Gasteiger partial charge < -0.3 is 20.3 Å². The molecule has 5 nitrogen and oxygen atoms in total. The van der Waals surface area contributed by atoms with E-state index in [-0.39, 0.29) is 0 Å². The zero-order chi connectivity index (χ0) is 12.8. The molecule has 0 aromatic carbocycles. The second-order valence-electron chi connectivity index (χ2n) is 5.18. The van der Waals surface area contributed by atoms with E-state index in [2.05, 4.69) is 20.2 Å². The number of hydrogen-bond acceptors (Lipinski definition) is 4. The van der Waals surface area contributed by atoms with Gasteiger partial charge in [-0.2, -0.15) is 0 Å². The first-order valence-electron chi connectivity index (χ1n) is 6.82. The van der Waals surface area contributed by atoms with Crippen molar-refractivity contribution in [3.8, 4) is 0 Å². The Hall–Kier alpha value is -0.910. The van der Waals surface area contributed by atoms with Crippen molar-refractivity contribution in [3.63, 3.8) is 0 Å². The fourth-order valence-electron chi connectivity index (χ4n) is 2.50. The summed E-state index contributed by atoms with van der Waals surface area (Å²) in [6.07, 6.45) is 4.24. The van der Waals surface area contributed by atoms with E-state index >= 15 is 0 Å². The number of aryl methyl sites for hydroxylation is 1. The molecule has 1 fully saturated rings. The Labute approximate surface area is 109 Å². The Morgan fingerprint density at radius 2 is 2.50 bits per heavy atom. The van der Waals surface area contributed by atoms with E-state index in [1.807, 2.05) is 13.1 Å². The summed E-state index contributed by atoms with van der Waals surface area (Å²) in [5.41, 5.74) is 1.11. The van der Waals surface area contributed by atoms with Crippen molar-refractivity contribution >= 4 is 0 Å². The lowest BCUT2D eigenvalue weighted by atomic mass is 9.99. The number of piperidine rings is 1. The molecule has 5 heteroatoms. The molecule has 0 bridgehead atoms. The molecule has 1 aromatic rings. The molecule has 1 aliphatic rings. The van der Waals surface area contributed by atoms with Crippen LogP contribution in [-0.2, 0) is 6.54 Å². The van der Waals surface area contributed by atoms with Gasteiger partial charge >= 0.3 is 0 Å². The fourth-order valence-corrected chi connectivity index (χ4v) is 2.50. The van der Waals surface area contributed by atoms with Gasteiger partial charge in [-0.25, -0.2) is 4.98 Å². The maximum atomic E-state index is 9.18. The Balaban J connectivity index is 1.60. The first-order chi connectivity index (χ1) is 8.78. The van der Waals surface area contributed by atoms with E-state index in [1.165, 1.54) is 12.8 Å². The van der Waals surface area contributed by atoms with Gasteiger partial charge in [0.1, 0.15) is 5.82 Å². The van der Waals surface area contributed by atoms with Crippen molar-refractivity contribution in [2.75, 3.05) is 32.8 Å². The number of nitrogens with zero attached hydrogens (tertiary/aromatic N) is 2. The average molecular weight is 252 g/mol. The lowest BCUT2D eigenvalue weighted by Crippen LogP contribution is -2.40. The SMILES string of the molecule is Cc1cnc(CNCCN2CCCC(CO)C2)[nH]1. The molecule has 1 atom stereocenters. The monoisotopic (exact) mass is 252 g/mol. The lowest BCUT2D eigenvalue weighted by molar-refractivity contribution is 0.121. The van der Waals surface area contributed by atoms with E-state index in [1.54, 1.807) is 0 Å². The normalized spacial score (nSPS) is 21.3. The molecule has 102 valence electrons. The maximum Gasteiger partial charge on any atom is 0.120 e. The number of aliphatic hydroxyl groups is 1. The number of rotatable bonds is 6. The molecular formula is C13H24N4O. The van der Waals surface area contributed by atoms with Crippen LogP contribution in [0.5, 0.6) is 0 Å². The summed E-state index contributed by atoms with van der Waals surface area (Å²) in [5.74, 6) is 1.48. The zero-order valence-electron chi connectivity index (χ0n) is 11.2. The van der Waals surface area contributed by atoms with Gasteiger partial charge in [0.2, 0.25) is 0 Å². The molecule has 0 spiro atoms. The lowest BCUT2D eigenvalue weighted by Gasteiger charge is -2.31. The van der Waals surface area contributed by atoms with Crippen LogP contribution in [-0.4, -0.2) is 52.8 Å². The summed E-state index contributed by atoms with van der Waals surface area (Å²) in [4.78, 5) is 9.91. The first-order valence-corrected chi connectivity index (χ1v) is 6.82. The van der Waals surface area contributed by atoms with Gasteiger partial charge in [-0.15, -0.1) is 0 Å². The van der Waals surface area contributed by atoms with Gasteiger partial charge in [-0.3, -0.25) is 0 Å². The minimum Gasteiger partial charge on any atom is -0.396 e. The summed E-state index contributed by atoms with van der Waals surface area (Å²) < 4.78 is 0. The molecule has 2 heterocycles. The summed E-state index contributed by atoms with van der Waals surface area (Å²) >= 11 is 0. The van der Waals surface area contributed by atoms with Gasteiger partial charge in [-0.1, -0.05) is 0 Å². The molecule has 3 N–H and O–H groups in total. The quantitative estimate of drug-likeness (QED) is 0.646. The Bertz CT molecular complexity index is 353. The second kappa shape index (κ2) is 6.87. The predicted molar refractivity (Wildman–Crippen MR) is 71.3 cm³/mol. The van der Waals surface area contributed by atoms with Crippen LogP contribution >= 0.6 is 0 Å². The van der Waals surface area contributed by atoms with Crippen LogP contribution in [0, 0.1) is 12.8 Å². The number of nitrogens with one attached hydrogen (secondary N) is 2. The second-order valence-corrected chi connectivity index (χ2v) is 5.18. The number of likely N-dealkylation sites (tertiary alicyclic amines) is 1. The van der Waals surface area contributed by atoms with Gasteiger partial charge in [0.25, 0.3) is 0 Å². The van der Waals surface area contributed by atoms with E-state index in [0.29, 0.717) is 12.5 Å². The maximum absolute atomic E-state index is 9.18. The van der Waals surface area contributed by atoms with E-state index in [9.17, 15) is 5.11 Å². The summed E-state index contributed by atoms with van der Waals surface area (Å²) in [6, 6.07) is 0. The van der Waals surface area contributed by atoms with E-state index in [0.717, 1.165) is 44.2 Å². The van der Waals surface area contributed by atoms with E-state index < -0.39 is 0 Å². The highest BCUT2D eigenvalue weighted by Crippen LogP contribution is 2.14. The number of imidazole rings is 1. The van der Waals surface area contributed by atoms with Crippen molar-refractivity contribution in [1.82, 2.24) is 20.2 Å². The highest BCUT2D eigenvalue weighted by atomic mass is 16.3. The van der Waals surface area contributed by atoms with E-state index in [4.69, 9.17) is 0 Å². The number of aromatic amines is 1. The highest BCUT2D eigenvalue weighted by Gasteiger charge is 2.18. The van der Waals surface area contributed by atoms with Gasteiger partial charge in [-0.05, 0) is 32.2 Å². The van der Waals surface area contributed by atoms with Crippen molar-refractivity contribution in [2.24, 2.45) is 5.92 Å². The summed E-state index contributed by atoms with van der Waals surface area (Å²) in [6.45, 7) is 7.37. The van der Waals surface area contributed by atoms with Crippen molar-refractivity contribution in [1.29, 1.82) is 0 Å². The van der Waals surface area contributed by atoms with Crippen LogP contribution in [0.1, 0.15) is 24.4 Å². The molecule has 0 radical (unpaired) electrons. The average Bonchev–Trinajstić information content (AvgIpc) is 2.81. The molecule has 0 aliphatic carbocycles. The zero-order valence-corrected chi connectivity index (χ0v) is 11.2. The molecule has 1 aliphatic heterocycles. The number of aliphatic hydroxyl groups excluding tert-OH is 1. The van der Waals surface area contributed by atoms with Crippen LogP contribution in [0.4, 0.5) is 0 Å². The summed E-state index contributed by atoms with van der Waals surface area (Å²) in [5, 5.41) is 12.6. The fraction of sp³-hybridized carbons (Fsp3) is 0.769. The molecule has 2 rings (SSSR count). The van der Waals surface area contributed by atoms with Crippen molar-refractivity contribution in [3.05, 3.63) is 17.7 Å².